The molecule has 2 aromatic carbocycles. The van der Waals surface area contributed by atoms with Gasteiger partial charge in [0.15, 0.2) is 0 Å². The topological polar surface area (TPSA) is 75.7 Å². The van der Waals surface area contributed by atoms with Crippen molar-refractivity contribution >= 4 is 29.2 Å². The lowest BCUT2D eigenvalue weighted by Gasteiger charge is -2.18. The van der Waals surface area contributed by atoms with Crippen LogP contribution in [-0.2, 0) is 14.3 Å². The van der Waals surface area contributed by atoms with Crippen molar-refractivity contribution in [2.75, 3.05) is 23.9 Å². The molecular formula is C19H16F2N2O4. The summed E-state index contributed by atoms with van der Waals surface area (Å²) in [7, 11) is 1.26. The number of rotatable bonds is 4. The van der Waals surface area contributed by atoms with Gasteiger partial charge >= 0.3 is 5.97 Å². The van der Waals surface area contributed by atoms with Gasteiger partial charge in [0.2, 0.25) is 11.8 Å². The predicted octanol–water partition coefficient (Wildman–Crippen LogP) is 2.74. The number of hydrogen-bond acceptors (Lipinski definition) is 4. The number of hydrogen-bond donors (Lipinski definition) is 1. The van der Waals surface area contributed by atoms with Crippen LogP contribution in [0.25, 0.3) is 0 Å². The number of amides is 2. The predicted molar refractivity (Wildman–Crippen MR) is 93.2 cm³/mol. The number of carbonyl (C=O) groups is 3. The van der Waals surface area contributed by atoms with E-state index < -0.39 is 41.0 Å². The highest BCUT2D eigenvalue weighted by atomic mass is 19.1. The van der Waals surface area contributed by atoms with Gasteiger partial charge in [0, 0.05) is 18.7 Å². The van der Waals surface area contributed by atoms with E-state index in [1.807, 2.05) is 0 Å². The van der Waals surface area contributed by atoms with E-state index in [-0.39, 0.29) is 13.0 Å². The molecule has 140 valence electrons. The summed E-state index contributed by atoms with van der Waals surface area (Å²) in [6, 6.07) is 9.34. The van der Waals surface area contributed by atoms with Gasteiger partial charge in [-0.3, -0.25) is 9.59 Å². The molecule has 0 spiro atoms. The number of halogens is 2. The molecule has 0 aromatic heterocycles. The number of benzene rings is 2. The first-order chi connectivity index (χ1) is 12.9. The second-order valence-corrected chi connectivity index (χ2v) is 6.03. The highest BCUT2D eigenvalue weighted by Crippen LogP contribution is 2.30. The third-order valence-corrected chi connectivity index (χ3v) is 4.28. The maximum Gasteiger partial charge on any atom is 0.337 e. The Morgan fingerprint density at radius 1 is 1.11 bits per heavy atom. The van der Waals surface area contributed by atoms with E-state index in [9.17, 15) is 23.2 Å². The second-order valence-electron chi connectivity index (χ2n) is 6.03. The van der Waals surface area contributed by atoms with E-state index >= 15 is 0 Å². The van der Waals surface area contributed by atoms with Crippen molar-refractivity contribution in [3.8, 4) is 0 Å². The Balaban J connectivity index is 1.70. The molecule has 0 radical (unpaired) electrons. The molecule has 1 aliphatic heterocycles. The molecule has 1 aliphatic rings. The fraction of sp³-hybridized carbons (Fsp3) is 0.211. The van der Waals surface area contributed by atoms with Crippen LogP contribution >= 0.6 is 0 Å². The summed E-state index contributed by atoms with van der Waals surface area (Å²) in [5.41, 5.74) is 0.309. The number of anilines is 2. The van der Waals surface area contributed by atoms with Crippen LogP contribution in [0.4, 0.5) is 20.2 Å². The average Bonchev–Trinajstić information content (AvgIpc) is 3.03. The van der Waals surface area contributed by atoms with Gasteiger partial charge in [0.25, 0.3) is 0 Å². The molecule has 0 saturated carbocycles. The smallest absolute Gasteiger partial charge is 0.337 e. The van der Waals surface area contributed by atoms with Crippen molar-refractivity contribution in [1.82, 2.24) is 0 Å². The van der Waals surface area contributed by atoms with Gasteiger partial charge in [0.05, 0.1) is 18.6 Å². The average molecular weight is 374 g/mol. The Hall–Kier alpha value is -3.29. The van der Waals surface area contributed by atoms with Crippen molar-refractivity contribution in [2.45, 2.75) is 6.42 Å². The molecule has 0 aliphatic carbocycles. The number of methoxy groups -OCH3 is 1. The van der Waals surface area contributed by atoms with Gasteiger partial charge in [-0.1, -0.05) is 6.07 Å². The summed E-state index contributed by atoms with van der Waals surface area (Å²) in [5.74, 6) is -3.95. The van der Waals surface area contributed by atoms with Gasteiger partial charge in [0.1, 0.15) is 17.3 Å². The molecule has 1 unspecified atom stereocenters. The quantitative estimate of drug-likeness (QED) is 0.835. The Labute approximate surface area is 153 Å². The van der Waals surface area contributed by atoms with Gasteiger partial charge < -0.3 is 15.0 Å². The molecule has 8 heteroatoms. The summed E-state index contributed by atoms with van der Waals surface area (Å²) in [6.45, 7) is -0.122. The first-order valence-electron chi connectivity index (χ1n) is 8.14. The largest absolute Gasteiger partial charge is 0.465 e. The number of para-hydroxylation sites is 1. The molecule has 1 N–H and O–H groups in total. The summed E-state index contributed by atoms with van der Waals surface area (Å²) >= 11 is 0. The van der Waals surface area contributed by atoms with Gasteiger partial charge in [-0.25, -0.2) is 13.6 Å². The first-order valence-corrected chi connectivity index (χ1v) is 8.14. The minimum absolute atomic E-state index is 0.122. The number of nitrogens with zero attached hydrogens (tertiary/aromatic N) is 1. The molecule has 1 atom stereocenters. The fourth-order valence-corrected chi connectivity index (χ4v) is 2.90. The molecule has 6 nitrogen and oxygen atoms in total. The van der Waals surface area contributed by atoms with E-state index in [4.69, 9.17) is 0 Å². The van der Waals surface area contributed by atoms with Crippen molar-refractivity contribution in [2.24, 2.45) is 5.92 Å². The van der Waals surface area contributed by atoms with Crippen molar-refractivity contribution in [3.63, 3.8) is 0 Å². The lowest BCUT2D eigenvalue weighted by atomic mass is 10.1. The van der Waals surface area contributed by atoms with Crippen molar-refractivity contribution < 1.29 is 27.9 Å². The summed E-state index contributed by atoms with van der Waals surface area (Å²) < 4.78 is 32.4. The Kier molecular flexibility index (Phi) is 5.16. The van der Waals surface area contributed by atoms with E-state index in [2.05, 4.69) is 10.1 Å². The van der Waals surface area contributed by atoms with Crippen LogP contribution in [-0.4, -0.2) is 31.4 Å². The minimum atomic E-state index is -0.859. The zero-order valence-corrected chi connectivity index (χ0v) is 14.4. The number of carbonyl (C=O) groups excluding carboxylic acids is 3. The van der Waals surface area contributed by atoms with Crippen LogP contribution in [0.5, 0.6) is 0 Å². The second kappa shape index (κ2) is 7.53. The third kappa shape index (κ3) is 3.79. The zero-order chi connectivity index (χ0) is 19.6. The van der Waals surface area contributed by atoms with Crippen molar-refractivity contribution in [1.29, 1.82) is 0 Å². The molecule has 3 rings (SSSR count). The Morgan fingerprint density at radius 3 is 2.33 bits per heavy atom. The number of esters is 1. The van der Waals surface area contributed by atoms with E-state index in [1.54, 1.807) is 0 Å². The summed E-state index contributed by atoms with van der Waals surface area (Å²) in [4.78, 5) is 36.9. The normalized spacial score (nSPS) is 16.3. The van der Waals surface area contributed by atoms with Crippen LogP contribution < -0.4 is 10.2 Å². The van der Waals surface area contributed by atoms with Crippen molar-refractivity contribution in [3.05, 3.63) is 59.7 Å². The molecule has 1 fully saturated rings. The zero-order valence-electron chi connectivity index (χ0n) is 14.4. The van der Waals surface area contributed by atoms with Gasteiger partial charge in [-0.05, 0) is 36.4 Å². The van der Waals surface area contributed by atoms with Crippen LogP contribution in [0.2, 0.25) is 0 Å². The third-order valence-electron chi connectivity index (χ3n) is 4.28. The molecule has 2 aromatic rings. The Morgan fingerprint density at radius 2 is 1.74 bits per heavy atom. The van der Waals surface area contributed by atoms with E-state index in [1.165, 1.54) is 37.4 Å². The fourth-order valence-electron chi connectivity index (χ4n) is 2.90. The standard InChI is InChI=1S/C19H16F2N2O4/c1-27-19(26)11-5-7-13(8-6-11)22-18(25)12-9-16(24)23(10-12)17-14(20)3-2-4-15(17)21/h2-8,12H,9-10H2,1H3,(H,22,25). The molecular weight excluding hydrogens is 358 g/mol. The molecule has 1 heterocycles. The van der Waals surface area contributed by atoms with Crippen LogP contribution in [0, 0.1) is 17.6 Å². The molecule has 0 bridgehead atoms. The lowest BCUT2D eigenvalue weighted by Crippen LogP contribution is -2.29. The highest BCUT2D eigenvalue weighted by Gasteiger charge is 2.37. The monoisotopic (exact) mass is 374 g/mol. The maximum atomic E-state index is 13.9. The summed E-state index contributed by atoms with van der Waals surface area (Å²) in [6.07, 6.45) is -0.153. The van der Waals surface area contributed by atoms with Crippen LogP contribution in [0.15, 0.2) is 42.5 Å². The lowest BCUT2D eigenvalue weighted by molar-refractivity contribution is -0.122. The van der Waals surface area contributed by atoms with Gasteiger partial charge in [-0.15, -0.1) is 0 Å². The van der Waals surface area contributed by atoms with Gasteiger partial charge in [-0.2, -0.15) is 0 Å². The van der Waals surface area contributed by atoms with E-state index in [0.717, 1.165) is 17.0 Å². The molecule has 27 heavy (non-hydrogen) atoms. The highest BCUT2D eigenvalue weighted by molar-refractivity contribution is 6.03. The number of ether oxygens (including phenoxy) is 1. The SMILES string of the molecule is COC(=O)c1ccc(NC(=O)C2CC(=O)N(c3c(F)cccc3F)C2)cc1. The molecule has 2 amide bonds. The first kappa shape index (κ1) is 18.5. The van der Waals surface area contributed by atoms with E-state index in [0.29, 0.717) is 11.3 Å². The van der Waals surface area contributed by atoms with Crippen LogP contribution in [0.1, 0.15) is 16.8 Å². The maximum absolute atomic E-state index is 13.9. The van der Waals surface area contributed by atoms with Crippen LogP contribution in [0.3, 0.4) is 0 Å². The number of nitrogens with one attached hydrogen (secondary N) is 1. The Bertz CT molecular complexity index is 879. The summed E-state index contributed by atoms with van der Waals surface area (Å²) in [5, 5.41) is 2.63. The minimum Gasteiger partial charge on any atom is -0.465 e. The molecule has 1 saturated heterocycles.